The summed E-state index contributed by atoms with van der Waals surface area (Å²) in [5.74, 6) is 0. The van der Waals surface area contributed by atoms with Gasteiger partial charge < -0.3 is 9.47 Å². The zero-order chi connectivity index (χ0) is 32.3. The molecule has 49 heavy (non-hydrogen) atoms. The fraction of sp³-hybridized carbons (Fsp3) is 0. The highest BCUT2D eigenvalue weighted by molar-refractivity contribution is 7.25. The van der Waals surface area contributed by atoms with E-state index < -0.39 is 0 Å². The van der Waals surface area contributed by atoms with Crippen molar-refractivity contribution in [2.75, 3.05) is 4.90 Å². The van der Waals surface area contributed by atoms with E-state index in [0.29, 0.717) is 0 Å². The molecule has 0 aliphatic carbocycles. The number of rotatable bonds is 5. The zero-order valence-electron chi connectivity index (χ0n) is 26.6. The van der Waals surface area contributed by atoms with Crippen LogP contribution in [-0.4, -0.2) is 4.57 Å². The van der Waals surface area contributed by atoms with Crippen LogP contribution in [0.25, 0.3) is 69.6 Å². The van der Waals surface area contributed by atoms with Gasteiger partial charge in [-0.05, 0) is 71.6 Å². The van der Waals surface area contributed by atoms with Gasteiger partial charge in [0.1, 0.15) is 0 Å². The van der Waals surface area contributed by atoms with Crippen molar-refractivity contribution in [2.24, 2.45) is 0 Å². The van der Waals surface area contributed by atoms with Crippen molar-refractivity contribution in [3.63, 3.8) is 0 Å². The predicted octanol–water partition coefficient (Wildman–Crippen LogP) is 13.4. The van der Waals surface area contributed by atoms with Gasteiger partial charge in [0.15, 0.2) is 0 Å². The van der Waals surface area contributed by atoms with Crippen LogP contribution in [0.5, 0.6) is 0 Å². The Morgan fingerprint density at radius 3 is 1.96 bits per heavy atom. The van der Waals surface area contributed by atoms with E-state index >= 15 is 0 Å². The van der Waals surface area contributed by atoms with Crippen molar-refractivity contribution in [3.05, 3.63) is 182 Å². The summed E-state index contributed by atoms with van der Waals surface area (Å²) in [5, 5.41) is 7.55. The molecule has 0 spiro atoms. The van der Waals surface area contributed by atoms with Gasteiger partial charge in [0.2, 0.25) is 0 Å². The number of aromatic nitrogens is 1. The van der Waals surface area contributed by atoms with E-state index in [4.69, 9.17) is 0 Å². The summed E-state index contributed by atoms with van der Waals surface area (Å²) < 4.78 is 5.04. The summed E-state index contributed by atoms with van der Waals surface area (Å²) in [6.45, 7) is 0. The van der Waals surface area contributed by atoms with Crippen LogP contribution < -0.4 is 4.90 Å². The molecule has 0 bridgehead atoms. The molecule has 0 aliphatic rings. The van der Waals surface area contributed by atoms with Gasteiger partial charge in [0.25, 0.3) is 0 Å². The average molecular weight is 643 g/mol. The Hall–Kier alpha value is -6.16. The first-order valence-electron chi connectivity index (χ1n) is 16.7. The number of hydrogen-bond acceptors (Lipinski definition) is 2. The van der Waals surface area contributed by atoms with Gasteiger partial charge >= 0.3 is 0 Å². The molecule has 2 aromatic heterocycles. The number of hydrogen-bond donors (Lipinski definition) is 0. The van der Waals surface area contributed by atoms with Gasteiger partial charge in [-0.25, -0.2) is 0 Å². The van der Waals surface area contributed by atoms with E-state index in [9.17, 15) is 0 Å². The summed E-state index contributed by atoms with van der Waals surface area (Å²) in [4.78, 5) is 2.44. The number of benzene rings is 8. The van der Waals surface area contributed by atoms with Crippen LogP contribution in [0.3, 0.4) is 0 Å². The standard InChI is InChI=1S/C46H30N2S/c1-3-13-31(14-4-1)36-17-7-10-20-42(36)47(35-25-28-45-41(30-35)39-19-9-12-22-44(39)49-45)34-24-27-37-32(29-34)23-26-40-38-18-8-11-21-43(38)48(46(37)40)33-15-5-2-6-16-33/h1-30H. The molecule has 230 valence electrons. The number of fused-ring (bicyclic) bond motifs is 8. The monoisotopic (exact) mass is 642 g/mol. The number of thiophene rings is 1. The lowest BCUT2D eigenvalue weighted by Gasteiger charge is -2.28. The van der Waals surface area contributed by atoms with E-state index in [2.05, 4.69) is 191 Å². The third-order valence-corrected chi connectivity index (χ3v) is 10.9. The third kappa shape index (κ3) is 4.47. The second-order valence-corrected chi connectivity index (χ2v) is 13.6. The fourth-order valence-corrected chi connectivity index (χ4v) is 8.66. The molecule has 0 unspecified atom stereocenters. The van der Waals surface area contributed by atoms with Crippen LogP contribution in [0.15, 0.2) is 182 Å². The molecule has 2 nitrogen and oxygen atoms in total. The maximum absolute atomic E-state index is 2.44. The topological polar surface area (TPSA) is 8.17 Å². The molecule has 0 saturated carbocycles. The molecule has 0 fully saturated rings. The molecular weight excluding hydrogens is 613 g/mol. The smallest absolute Gasteiger partial charge is 0.0619 e. The minimum atomic E-state index is 1.12. The first-order valence-corrected chi connectivity index (χ1v) is 17.5. The Bertz CT molecular complexity index is 2830. The van der Waals surface area contributed by atoms with E-state index in [0.717, 1.165) is 17.1 Å². The van der Waals surface area contributed by atoms with Crippen LogP contribution in [-0.2, 0) is 0 Å². The number of nitrogens with zero attached hydrogens (tertiary/aromatic N) is 2. The predicted molar refractivity (Wildman–Crippen MR) is 211 cm³/mol. The van der Waals surface area contributed by atoms with Gasteiger partial charge in [-0.2, -0.15) is 0 Å². The number of para-hydroxylation sites is 3. The van der Waals surface area contributed by atoms with E-state index in [1.165, 1.54) is 69.6 Å². The fourth-order valence-electron chi connectivity index (χ4n) is 7.57. The molecule has 8 aromatic carbocycles. The lowest BCUT2D eigenvalue weighted by molar-refractivity contribution is 1.19. The number of anilines is 3. The van der Waals surface area contributed by atoms with E-state index in [1.54, 1.807) is 0 Å². The summed E-state index contributed by atoms with van der Waals surface area (Å²) in [6.07, 6.45) is 0. The summed E-state index contributed by atoms with van der Waals surface area (Å²) in [5.41, 5.74) is 9.41. The first-order chi connectivity index (χ1) is 24.3. The molecule has 0 N–H and O–H groups in total. The maximum atomic E-state index is 2.44. The lowest BCUT2D eigenvalue weighted by Crippen LogP contribution is -2.11. The molecular formula is C46H30N2S. The molecule has 3 heteroatoms. The Morgan fingerprint density at radius 1 is 0.429 bits per heavy atom. The van der Waals surface area contributed by atoms with Crippen molar-refractivity contribution in [1.29, 1.82) is 0 Å². The van der Waals surface area contributed by atoms with Crippen molar-refractivity contribution in [3.8, 4) is 16.8 Å². The van der Waals surface area contributed by atoms with Crippen molar-refractivity contribution in [1.82, 2.24) is 4.57 Å². The lowest BCUT2D eigenvalue weighted by atomic mass is 10.0. The highest BCUT2D eigenvalue weighted by atomic mass is 32.1. The van der Waals surface area contributed by atoms with Gasteiger partial charge in [-0.3, -0.25) is 0 Å². The van der Waals surface area contributed by atoms with Crippen molar-refractivity contribution < 1.29 is 0 Å². The Balaban J connectivity index is 1.24. The first kappa shape index (κ1) is 27.9. The summed E-state index contributed by atoms with van der Waals surface area (Å²) in [6, 6.07) is 66.2. The van der Waals surface area contributed by atoms with Gasteiger partial charge in [-0.1, -0.05) is 121 Å². The minimum Gasteiger partial charge on any atom is -0.310 e. The van der Waals surface area contributed by atoms with Crippen LogP contribution in [0.2, 0.25) is 0 Å². The summed E-state index contributed by atoms with van der Waals surface area (Å²) in [7, 11) is 0. The molecule has 2 heterocycles. The van der Waals surface area contributed by atoms with Crippen LogP contribution in [0.4, 0.5) is 17.1 Å². The van der Waals surface area contributed by atoms with Crippen LogP contribution in [0, 0.1) is 0 Å². The Kier molecular flexibility index (Phi) is 6.39. The van der Waals surface area contributed by atoms with Crippen molar-refractivity contribution >= 4 is 81.1 Å². The van der Waals surface area contributed by atoms with E-state index in [-0.39, 0.29) is 0 Å². The summed E-state index contributed by atoms with van der Waals surface area (Å²) >= 11 is 1.86. The van der Waals surface area contributed by atoms with Gasteiger partial charge in [0, 0.05) is 59.0 Å². The van der Waals surface area contributed by atoms with Crippen LogP contribution in [0.1, 0.15) is 0 Å². The largest absolute Gasteiger partial charge is 0.310 e. The second-order valence-electron chi connectivity index (χ2n) is 12.6. The second kappa shape index (κ2) is 11.2. The quantitative estimate of drug-likeness (QED) is 0.181. The van der Waals surface area contributed by atoms with E-state index in [1.807, 2.05) is 11.3 Å². The minimum absolute atomic E-state index is 1.12. The highest BCUT2D eigenvalue weighted by Crippen LogP contribution is 2.45. The molecule has 0 amide bonds. The van der Waals surface area contributed by atoms with Gasteiger partial charge in [-0.15, -0.1) is 11.3 Å². The molecule has 0 aliphatic heterocycles. The average Bonchev–Trinajstić information content (AvgIpc) is 3.72. The maximum Gasteiger partial charge on any atom is 0.0619 e. The van der Waals surface area contributed by atoms with Gasteiger partial charge in [0.05, 0.1) is 16.7 Å². The Morgan fingerprint density at radius 2 is 1.08 bits per heavy atom. The highest BCUT2D eigenvalue weighted by Gasteiger charge is 2.20. The molecule has 10 rings (SSSR count). The van der Waals surface area contributed by atoms with Crippen LogP contribution >= 0.6 is 11.3 Å². The SMILES string of the molecule is c1ccc(-c2ccccc2N(c2ccc3c(ccc4c5ccccc5n(-c5ccccc5)c34)c2)c2ccc3sc4ccccc4c3c2)cc1. The molecule has 0 atom stereocenters. The molecule has 0 saturated heterocycles. The molecule has 0 radical (unpaired) electrons. The Labute approximate surface area is 288 Å². The normalized spacial score (nSPS) is 11.7. The van der Waals surface area contributed by atoms with Crippen molar-refractivity contribution in [2.45, 2.75) is 0 Å². The zero-order valence-corrected chi connectivity index (χ0v) is 27.4. The third-order valence-electron chi connectivity index (χ3n) is 9.75. The molecule has 10 aromatic rings.